The van der Waals surface area contributed by atoms with Crippen molar-refractivity contribution in [1.29, 1.82) is 0 Å². The molecule has 0 aliphatic rings. The van der Waals surface area contributed by atoms with Crippen LogP contribution in [0.5, 0.6) is 0 Å². The first-order chi connectivity index (χ1) is 13.5. The molecule has 28 heavy (non-hydrogen) atoms. The molecule has 2 aromatic heterocycles. The summed E-state index contributed by atoms with van der Waals surface area (Å²) in [5.41, 5.74) is 8.60. The van der Waals surface area contributed by atoms with Crippen LogP contribution in [0.3, 0.4) is 0 Å². The molecule has 1 amide bonds. The molecule has 4 rings (SSSR count). The van der Waals surface area contributed by atoms with Gasteiger partial charge in [-0.3, -0.25) is 4.79 Å². The molecule has 8 heteroatoms. The van der Waals surface area contributed by atoms with Crippen molar-refractivity contribution in [2.45, 2.75) is 13.1 Å². The Kier molecular flexibility index (Phi) is 5.23. The van der Waals surface area contributed by atoms with Crippen LogP contribution in [-0.4, -0.2) is 20.8 Å². The molecule has 0 saturated carbocycles. The van der Waals surface area contributed by atoms with E-state index in [1.807, 2.05) is 42.6 Å². The molecule has 2 heterocycles. The number of fused-ring (bicyclic) bond motifs is 1. The number of aromatic nitrogens is 2. The summed E-state index contributed by atoms with van der Waals surface area (Å²) in [5, 5.41) is 1.10. The van der Waals surface area contributed by atoms with Gasteiger partial charge in [-0.05, 0) is 52.9 Å². The Morgan fingerprint density at radius 2 is 1.82 bits per heavy atom. The minimum atomic E-state index is -0.269. The number of rotatable bonds is 5. The van der Waals surface area contributed by atoms with Gasteiger partial charge in [-0.25, -0.2) is 4.98 Å². The lowest BCUT2D eigenvalue weighted by molar-refractivity contribution is 0.0699. The van der Waals surface area contributed by atoms with Crippen LogP contribution in [-0.2, 0) is 13.1 Å². The fourth-order valence-electron chi connectivity index (χ4n) is 3.09. The number of nitrogen functional groups attached to an aromatic ring is 1. The van der Waals surface area contributed by atoms with Crippen molar-refractivity contribution in [3.05, 3.63) is 80.7 Å². The summed E-state index contributed by atoms with van der Waals surface area (Å²) in [7, 11) is 0. The first kappa shape index (κ1) is 18.8. The Bertz CT molecular complexity index is 1130. The van der Waals surface area contributed by atoms with Gasteiger partial charge in [-0.15, -0.1) is 0 Å². The first-order valence-corrected chi connectivity index (χ1v) is 10.1. The molecular formula is C20H16Br2N4O2. The summed E-state index contributed by atoms with van der Waals surface area (Å²) in [4.78, 5) is 21.8. The molecule has 4 aromatic rings. The summed E-state index contributed by atoms with van der Waals surface area (Å²) in [6, 6.07) is 14.0. The van der Waals surface area contributed by atoms with Crippen LogP contribution in [0.2, 0.25) is 0 Å². The molecule has 0 spiro atoms. The van der Waals surface area contributed by atoms with Crippen molar-refractivity contribution >= 4 is 54.7 Å². The highest BCUT2D eigenvalue weighted by Crippen LogP contribution is 2.23. The summed E-state index contributed by atoms with van der Waals surface area (Å²) in [6.07, 6.45) is 3.25. The van der Waals surface area contributed by atoms with Crippen molar-refractivity contribution in [3.63, 3.8) is 0 Å². The number of anilines is 1. The van der Waals surface area contributed by atoms with Crippen molar-refractivity contribution in [1.82, 2.24) is 14.9 Å². The Morgan fingerprint density at radius 1 is 1.07 bits per heavy atom. The van der Waals surface area contributed by atoms with Gasteiger partial charge >= 0.3 is 0 Å². The van der Waals surface area contributed by atoms with Crippen LogP contribution in [0, 0.1) is 0 Å². The van der Waals surface area contributed by atoms with Crippen LogP contribution in [0.4, 0.5) is 6.01 Å². The monoisotopic (exact) mass is 502 g/mol. The Labute approximate surface area is 178 Å². The topological polar surface area (TPSA) is 88.1 Å². The number of hydrogen-bond donors (Lipinski definition) is 2. The van der Waals surface area contributed by atoms with Gasteiger partial charge in [0.2, 0.25) is 5.76 Å². The second kappa shape index (κ2) is 7.81. The highest BCUT2D eigenvalue weighted by Gasteiger charge is 2.21. The van der Waals surface area contributed by atoms with E-state index in [1.54, 1.807) is 4.90 Å². The number of carbonyl (C=O) groups excluding carboxylic acids is 1. The predicted molar refractivity (Wildman–Crippen MR) is 115 cm³/mol. The van der Waals surface area contributed by atoms with Crippen molar-refractivity contribution in [3.8, 4) is 0 Å². The van der Waals surface area contributed by atoms with Gasteiger partial charge < -0.3 is 20.0 Å². The van der Waals surface area contributed by atoms with E-state index in [0.29, 0.717) is 13.1 Å². The molecule has 3 N–H and O–H groups in total. The molecule has 0 aliphatic heterocycles. The van der Waals surface area contributed by atoms with E-state index in [-0.39, 0.29) is 17.7 Å². The number of oxazole rings is 1. The molecule has 2 aromatic carbocycles. The fraction of sp³-hybridized carbons (Fsp3) is 0.100. The van der Waals surface area contributed by atoms with Gasteiger partial charge in [0.1, 0.15) is 0 Å². The second-order valence-corrected chi connectivity index (χ2v) is 8.23. The fourth-order valence-corrected chi connectivity index (χ4v) is 4.47. The third kappa shape index (κ3) is 4.13. The number of amides is 1. The van der Waals surface area contributed by atoms with Gasteiger partial charge in [0.05, 0.1) is 6.20 Å². The van der Waals surface area contributed by atoms with Crippen molar-refractivity contribution < 1.29 is 9.21 Å². The number of nitrogens with one attached hydrogen (secondary N) is 1. The van der Waals surface area contributed by atoms with E-state index in [1.165, 1.54) is 6.20 Å². The zero-order valence-electron chi connectivity index (χ0n) is 14.7. The van der Waals surface area contributed by atoms with Crippen LogP contribution in [0.15, 0.2) is 68.2 Å². The Hall–Kier alpha value is -2.58. The Morgan fingerprint density at radius 3 is 2.54 bits per heavy atom. The zero-order chi connectivity index (χ0) is 19.7. The lowest BCUT2D eigenvalue weighted by Crippen LogP contribution is -2.30. The smallest absolute Gasteiger partial charge is 0.292 e. The predicted octanol–water partition coefficient (Wildman–Crippen LogP) is 5.11. The SMILES string of the molecule is Nc1ncc(C(=O)N(Cc2cc(Br)cc(Br)c2)Cc2ccc3[nH]ccc3c2)o1. The molecule has 0 atom stereocenters. The number of H-pyrrole nitrogens is 1. The minimum absolute atomic E-state index is 0.0257. The molecular weight excluding hydrogens is 488 g/mol. The molecule has 0 radical (unpaired) electrons. The van der Waals surface area contributed by atoms with Crippen LogP contribution in [0.25, 0.3) is 10.9 Å². The number of hydrogen-bond acceptors (Lipinski definition) is 4. The van der Waals surface area contributed by atoms with E-state index in [2.05, 4.69) is 47.9 Å². The van der Waals surface area contributed by atoms with Gasteiger partial charge in [0, 0.05) is 33.7 Å². The van der Waals surface area contributed by atoms with Gasteiger partial charge in [-0.2, -0.15) is 0 Å². The van der Waals surface area contributed by atoms with E-state index in [4.69, 9.17) is 10.2 Å². The standard InChI is InChI=1S/C20H16Br2N4O2/c21-15-6-13(7-16(22)8-15)11-26(19(27)18-9-25-20(23)28-18)10-12-1-2-17-14(5-12)3-4-24-17/h1-9,24H,10-11H2,(H2,23,25). The average molecular weight is 504 g/mol. The van der Waals surface area contributed by atoms with Gasteiger partial charge in [0.15, 0.2) is 0 Å². The molecule has 142 valence electrons. The van der Waals surface area contributed by atoms with Gasteiger partial charge in [0.25, 0.3) is 11.9 Å². The lowest BCUT2D eigenvalue weighted by atomic mass is 10.1. The number of benzene rings is 2. The van der Waals surface area contributed by atoms with E-state index < -0.39 is 0 Å². The van der Waals surface area contributed by atoms with Crippen molar-refractivity contribution in [2.75, 3.05) is 5.73 Å². The molecule has 0 saturated heterocycles. The molecule has 0 fully saturated rings. The van der Waals surface area contributed by atoms with Crippen LogP contribution < -0.4 is 5.73 Å². The number of halogens is 2. The largest absolute Gasteiger partial charge is 0.418 e. The van der Waals surface area contributed by atoms with Crippen molar-refractivity contribution in [2.24, 2.45) is 0 Å². The van der Waals surface area contributed by atoms with E-state index in [0.717, 1.165) is 31.0 Å². The number of nitrogens with zero attached hydrogens (tertiary/aromatic N) is 2. The van der Waals surface area contributed by atoms with E-state index in [9.17, 15) is 4.79 Å². The highest BCUT2D eigenvalue weighted by molar-refractivity contribution is 9.11. The number of nitrogens with two attached hydrogens (primary N) is 1. The summed E-state index contributed by atoms with van der Waals surface area (Å²) in [5.74, 6) is -0.149. The second-order valence-electron chi connectivity index (χ2n) is 6.40. The maximum atomic E-state index is 13.1. The maximum Gasteiger partial charge on any atom is 0.292 e. The quantitative estimate of drug-likeness (QED) is 0.396. The minimum Gasteiger partial charge on any atom is -0.418 e. The normalized spacial score (nSPS) is 11.1. The van der Waals surface area contributed by atoms with Crippen LogP contribution >= 0.6 is 31.9 Å². The molecule has 0 unspecified atom stereocenters. The third-order valence-electron chi connectivity index (χ3n) is 4.31. The van der Waals surface area contributed by atoms with Gasteiger partial charge in [-0.1, -0.05) is 37.9 Å². The molecule has 0 bridgehead atoms. The molecule has 0 aliphatic carbocycles. The maximum absolute atomic E-state index is 13.1. The lowest BCUT2D eigenvalue weighted by Gasteiger charge is -2.22. The highest BCUT2D eigenvalue weighted by atomic mass is 79.9. The first-order valence-electron chi connectivity index (χ1n) is 8.49. The average Bonchev–Trinajstić information content (AvgIpc) is 3.28. The van der Waals surface area contributed by atoms with E-state index >= 15 is 0 Å². The third-order valence-corrected chi connectivity index (χ3v) is 5.22. The summed E-state index contributed by atoms with van der Waals surface area (Å²) >= 11 is 6.99. The van der Waals surface area contributed by atoms with Crippen LogP contribution in [0.1, 0.15) is 21.7 Å². The number of carbonyl (C=O) groups is 1. The summed E-state index contributed by atoms with van der Waals surface area (Å²) < 4.78 is 7.12. The Balaban J connectivity index is 1.66. The molecule has 6 nitrogen and oxygen atoms in total. The zero-order valence-corrected chi connectivity index (χ0v) is 17.8. The summed E-state index contributed by atoms with van der Waals surface area (Å²) in [6.45, 7) is 0.827. The number of aromatic amines is 1.